The van der Waals surface area contributed by atoms with E-state index in [-0.39, 0.29) is 5.69 Å². The number of anilines is 1. The predicted octanol–water partition coefficient (Wildman–Crippen LogP) is -0.283. The highest BCUT2D eigenvalue weighted by molar-refractivity contribution is 7.90. The molecule has 1 rings (SSSR count). The largest absolute Gasteiger partial charge is 0.399 e. The Morgan fingerprint density at radius 1 is 1.14 bits per heavy atom. The van der Waals surface area contributed by atoms with Crippen LogP contribution in [0.5, 0.6) is 0 Å². The van der Waals surface area contributed by atoms with Gasteiger partial charge in [0.25, 0.3) is 0 Å². The van der Waals surface area contributed by atoms with Gasteiger partial charge in [0.15, 0.2) is 4.90 Å². The van der Waals surface area contributed by atoms with E-state index in [1.807, 2.05) is 4.72 Å². The van der Waals surface area contributed by atoms with Crippen LogP contribution in [0.25, 0.3) is 0 Å². The second kappa shape index (κ2) is 6.22. The summed E-state index contributed by atoms with van der Waals surface area (Å²) in [5, 5.41) is 0. The smallest absolute Gasteiger partial charge is 0.246 e. The van der Waals surface area contributed by atoms with Gasteiger partial charge in [0, 0.05) is 26.3 Å². The molecular weight excluding hydrogens is 328 g/mol. The predicted molar refractivity (Wildman–Crippen MR) is 73.4 cm³/mol. The average Bonchev–Trinajstić information content (AvgIpc) is 2.25. The third-order valence-corrected chi connectivity index (χ3v) is 5.84. The van der Waals surface area contributed by atoms with E-state index >= 15 is 0 Å². The molecule has 0 unspecified atom stereocenters. The lowest BCUT2D eigenvalue weighted by Gasteiger charge is -2.12. The van der Waals surface area contributed by atoms with Crippen molar-refractivity contribution in [3.05, 3.63) is 23.8 Å². The van der Waals surface area contributed by atoms with Gasteiger partial charge < -0.3 is 5.73 Å². The Bertz CT molecular complexity index is 710. The Balaban J connectivity index is 2.95. The monoisotopic (exact) mass is 343 g/mol. The van der Waals surface area contributed by atoms with Crippen LogP contribution in [0.4, 0.5) is 14.5 Å². The number of hydrogen-bond acceptors (Lipinski definition) is 5. The van der Waals surface area contributed by atoms with E-state index in [2.05, 4.69) is 0 Å². The van der Waals surface area contributed by atoms with E-state index in [1.54, 1.807) is 0 Å². The summed E-state index contributed by atoms with van der Waals surface area (Å²) < 4.78 is 76.3. The SMILES string of the molecule is CN(C)S(=O)(=O)CCNS(=O)(=O)c1c(F)cc(N)cc1F. The topological polar surface area (TPSA) is 110 Å². The lowest BCUT2D eigenvalue weighted by molar-refractivity contribution is 0.513. The average molecular weight is 343 g/mol. The maximum absolute atomic E-state index is 13.5. The maximum atomic E-state index is 13.5. The summed E-state index contributed by atoms with van der Waals surface area (Å²) in [6.45, 7) is -0.522. The molecule has 0 radical (unpaired) electrons. The molecule has 0 amide bonds. The van der Waals surface area contributed by atoms with Crippen LogP contribution < -0.4 is 10.5 Å². The lowest BCUT2D eigenvalue weighted by Crippen LogP contribution is -2.34. The molecule has 0 heterocycles. The van der Waals surface area contributed by atoms with Gasteiger partial charge in [-0.15, -0.1) is 0 Å². The number of benzene rings is 1. The fourth-order valence-corrected chi connectivity index (χ4v) is 3.40. The quantitative estimate of drug-likeness (QED) is 0.690. The van der Waals surface area contributed by atoms with Crippen LogP contribution in [0.2, 0.25) is 0 Å². The number of rotatable bonds is 6. The number of nitrogens with one attached hydrogen (secondary N) is 1. The molecule has 11 heteroatoms. The minimum absolute atomic E-state index is 0.265. The summed E-state index contributed by atoms with van der Waals surface area (Å²) in [7, 11) is -5.59. The molecule has 3 N–H and O–H groups in total. The van der Waals surface area contributed by atoms with Crippen molar-refractivity contribution in [1.82, 2.24) is 9.03 Å². The van der Waals surface area contributed by atoms with Crippen LogP contribution in [0.1, 0.15) is 0 Å². The number of sulfonamides is 2. The van der Waals surface area contributed by atoms with E-state index in [4.69, 9.17) is 5.73 Å². The minimum Gasteiger partial charge on any atom is -0.399 e. The molecule has 0 saturated carbocycles. The highest BCUT2D eigenvalue weighted by Gasteiger charge is 2.25. The van der Waals surface area contributed by atoms with Gasteiger partial charge in [-0.3, -0.25) is 0 Å². The molecule has 1 aromatic carbocycles. The van der Waals surface area contributed by atoms with E-state index in [0.29, 0.717) is 12.1 Å². The first-order chi connectivity index (χ1) is 9.47. The van der Waals surface area contributed by atoms with Gasteiger partial charge in [-0.1, -0.05) is 0 Å². The molecule has 0 atom stereocenters. The molecule has 0 aliphatic carbocycles. The Morgan fingerprint density at radius 2 is 1.62 bits per heavy atom. The molecule has 0 saturated heterocycles. The number of hydrogen-bond donors (Lipinski definition) is 2. The van der Waals surface area contributed by atoms with Crippen molar-refractivity contribution < 1.29 is 25.6 Å². The number of nitrogen functional groups attached to an aromatic ring is 1. The summed E-state index contributed by atoms with van der Waals surface area (Å²) in [5.74, 6) is -3.25. The highest BCUT2D eigenvalue weighted by atomic mass is 32.2. The van der Waals surface area contributed by atoms with E-state index in [9.17, 15) is 25.6 Å². The molecule has 0 aromatic heterocycles. The second-order valence-electron chi connectivity index (χ2n) is 4.31. The highest BCUT2D eigenvalue weighted by Crippen LogP contribution is 2.21. The molecule has 1 aromatic rings. The van der Waals surface area contributed by atoms with Gasteiger partial charge >= 0.3 is 0 Å². The summed E-state index contributed by atoms with van der Waals surface area (Å²) >= 11 is 0. The normalized spacial score (nSPS) is 12.8. The van der Waals surface area contributed by atoms with Gasteiger partial charge in [0.1, 0.15) is 11.6 Å². The second-order valence-corrected chi connectivity index (χ2v) is 8.32. The molecule has 21 heavy (non-hydrogen) atoms. The fraction of sp³-hybridized carbons (Fsp3) is 0.400. The van der Waals surface area contributed by atoms with Crippen LogP contribution in [0.15, 0.2) is 17.0 Å². The van der Waals surface area contributed by atoms with Crippen molar-refractivity contribution in [3.8, 4) is 0 Å². The third-order valence-electron chi connectivity index (χ3n) is 2.50. The van der Waals surface area contributed by atoms with Crippen molar-refractivity contribution in [2.24, 2.45) is 0 Å². The standard InChI is InChI=1S/C10H15F2N3O4S2/c1-15(2)20(16,17)4-3-14-21(18,19)10-8(11)5-7(13)6-9(10)12/h5-6,14H,3-4,13H2,1-2H3. The van der Waals surface area contributed by atoms with Gasteiger partial charge in [0.05, 0.1) is 5.75 Å². The van der Waals surface area contributed by atoms with Crippen LogP contribution >= 0.6 is 0 Å². The molecule has 0 bridgehead atoms. The third kappa shape index (κ3) is 4.33. The van der Waals surface area contributed by atoms with E-state index in [1.165, 1.54) is 14.1 Å². The molecule has 120 valence electrons. The van der Waals surface area contributed by atoms with Crippen molar-refractivity contribution in [2.45, 2.75) is 4.90 Å². The zero-order valence-corrected chi connectivity index (χ0v) is 12.9. The van der Waals surface area contributed by atoms with E-state index < -0.39 is 48.9 Å². The van der Waals surface area contributed by atoms with Gasteiger partial charge in [0.2, 0.25) is 20.0 Å². The van der Waals surface area contributed by atoms with Crippen molar-refractivity contribution in [1.29, 1.82) is 0 Å². The summed E-state index contributed by atoms with van der Waals surface area (Å²) in [6.07, 6.45) is 0. The van der Waals surface area contributed by atoms with Crippen molar-refractivity contribution >= 4 is 25.7 Å². The minimum atomic E-state index is -4.53. The zero-order chi connectivity index (χ0) is 16.4. The van der Waals surface area contributed by atoms with Crippen molar-refractivity contribution in [2.75, 3.05) is 32.1 Å². The van der Waals surface area contributed by atoms with Crippen LogP contribution in [-0.2, 0) is 20.0 Å². The zero-order valence-electron chi connectivity index (χ0n) is 11.3. The number of nitrogens with zero attached hydrogens (tertiary/aromatic N) is 1. The number of halogens is 2. The lowest BCUT2D eigenvalue weighted by atomic mass is 10.3. The summed E-state index contributed by atoms with van der Waals surface area (Å²) in [5.41, 5.74) is 4.92. The molecule has 0 aliphatic heterocycles. The summed E-state index contributed by atoms with van der Waals surface area (Å²) in [4.78, 5) is -1.20. The van der Waals surface area contributed by atoms with Gasteiger partial charge in [-0.05, 0) is 12.1 Å². The fourth-order valence-electron chi connectivity index (χ4n) is 1.40. The van der Waals surface area contributed by atoms with Crippen molar-refractivity contribution in [3.63, 3.8) is 0 Å². The van der Waals surface area contributed by atoms with E-state index in [0.717, 1.165) is 4.31 Å². The van der Waals surface area contributed by atoms with Gasteiger partial charge in [-0.2, -0.15) is 0 Å². The Labute approximate surface area is 121 Å². The molecule has 0 fully saturated rings. The maximum Gasteiger partial charge on any atom is 0.246 e. The van der Waals surface area contributed by atoms with Crippen LogP contribution in [0, 0.1) is 11.6 Å². The van der Waals surface area contributed by atoms with Gasteiger partial charge in [-0.25, -0.2) is 34.6 Å². The van der Waals surface area contributed by atoms with Crippen LogP contribution in [0.3, 0.4) is 0 Å². The first kappa shape index (κ1) is 17.8. The first-order valence-corrected chi connectivity index (χ1v) is 8.71. The number of nitrogens with two attached hydrogens (primary N) is 1. The molecule has 0 aliphatic rings. The molecule has 7 nitrogen and oxygen atoms in total. The Hall–Kier alpha value is -1.30. The Kier molecular flexibility index (Phi) is 5.25. The summed E-state index contributed by atoms with van der Waals surface area (Å²) in [6, 6.07) is 1.32. The van der Waals surface area contributed by atoms with Crippen LogP contribution in [-0.4, -0.2) is 47.5 Å². The first-order valence-electron chi connectivity index (χ1n) is 5.62. The molecule has 0 spiro atoms. The Morgan fingerprint density at radius 3 is 2.05 bits per heavy atom. The molecular formula is C10H15F2N3O4S2.